The van der Waals surface area contributed by atoms with Gasteiger partial charge in [-0.3, -0.25) is 0 Å². The Balaban J connectivity index is 2.13. The molecule has 1 aliphatic heterocycles. The summed E-state index contributed by atoms with van der Waals surface area (Å²) >= 11 is 0. The lowest BCUT2D eigenvalue weighted by Crippen LogP contribution is -2.34. The van der Waals surface area contributed by atoms with Crippen molar-refractivity contribution < 1.29 is 4.74 Å². The van der Waals surface area contributed by atoms with Crippen molar-refractivity contribution in [2.45, 2.75) is 39.2 Å². The average molecular weight is 265 g/mol. The van der Waals surface area contributed by atoms with Crippen LogP contribution in [0.15, 0.2) is 0 Å². The standard InChI is InChI=1S/C13H23N5O/c1-9-12(17-14)15-10(2)16-13(9)18(3)8-11-6-4-5-7-19-11/h11H,4-8,14H2,1-3H3,(H,15,16,17). The number of aryl methyl sites for hydroxylation is 1. The molecule has 1 unspecified atom stereocenters. The highest BCUT2D eigenvalue weighted by Gasteiger charge is 2.19. The van der Waals surface area contributed by atoms with Crippen molar-refractivity contribution in [2.75, 3.05) is 30.5 Å². The number of hydrogen-bond donors (Lipinski definition) is 2. The zero-order valence-electron chi connectivity index (χ0n) is 11.9. The van der Waals surface area contributed by atoms with Gasteiger partial charge in [0, 0.05) is 25.8 Å². The zero-order valence-corrected chi connectivity index (χ0v) is 11.9. The Morgan fingerprint density at radius 1 is 1.37 bits per heavy atom. The highest BCUT2D eigenvalue weighted by Crippen LogP contribution is 2.23. The summed E-state index contributed by atoms with van der Waals surface area (Å²) in [6.45, 7) is 5.56. The smallest absolute Gasteiger partial charge is 0.148 e. The van der Waals surface area contributed by atoms with Crippen LogP contribution in [0.25, 0.3) is 0 Å². The summed E-state index contributed by atoms with van der Waals surface area (Å²) in [5, 5.41) is 0. The van der Waals surface area contributed by atoms with E-state index < -0.39 is 0 Å². The van der Waals surface area contributed by atoms with Crippen molar-refractivity contribution in [3.05, 3.63) is 11.4 Å². The van der Waals surface area contributed by atoms with Crippen LogP contribution in [0.2, 0.25) is 0 Å². The lowest BCUT2D eigenvalue weighted by Gasteiger charge is -2.29. The van der Waals surface area contributed by atoms with E-state index in [0.29, 0.717) is 17.7 Å². The Hall–Kier alpha value is -1.40. The van der Waals surface area contributed by atoms with Crippen LogP contribution in [0.5, 0.6) is 0 Å². The summed E-state index contributed by atoms with van der Waals surface area (Å²) in [5.74, 6) is 7.79. The molecule has 1 aliphatic rings. The predicted molar refractivity (Wildman–Crippen MR) is 76.2 cm³/mol. The van der Waals surface area contributed by atoms with Crippen molar-refractivity contribution in [2.24, 2.45) is 5.84 Å². The van der Waals surface area contributed by atoms with E-state index in [1.54, 1.807) is 0 Å². The third-order valence-electron chi connectivity index (χ3n) is 3.48. The fourth-order valence-corrected chi connectivity index (χ4v) is 2.47. The van der Waals surface area contributed by atoms with Gasteiger partial charge in [0.1, 0.15) is 17.5 Å². The van der Waals surface area contributed by atoms with Crippen molar-refractivity contribution in [1.82, 2.24) is 9.97 Å². The third-order valence-corrected chi connectivity index (χ3v) is 3.48. The average Bonchev–Trinajstić information content (AvgIpc) is 2.42. The van der Waals surface area contributed by atoms with E-state index >= 15 is 0 Å². The molecule has 1 atom stereocenters. The van der Waals surface area contributed by atoms with Gasteiger partial charge >= 0.3 is 0 Å². The molecule has 6 nitrogen and oxygen atoms in total. The molecule has 1 fully saturated rings. The Kier molecular flexibility index (Phi) is 4.55. The first-order valence-electron chi connectivity index (χ1n) is 6.76. The summed E-state index contributed by atoms with van der Waals surface area (Å²) in [6, 6.07) is 0. The molecular formula is C13H23N5O. The van der Waals surface area contributed by atoms with Gasteiger partial charge in [-0.2, -0.15) is 0 Å². The quantitative estimate of drug-likeness (QED) is 0.633. The molecule has 2 heterocycles. The van der Waals surface area contributed by atoms with Gasteiger partial charge in [0.25, 0.3) is 0 Å². The zero-order chi connectivity index (χ0) is 13.8. The molecule has 0 amide bonds. The molecular weight excluding hydrogens is 242 g/mol. The van der Waals surface area contributed by atoms with E-state index in [9.17, 15) is 0 Å². The second-order valence-corrected chi connectivity index (χ2v) is 5.08. The van der Waals surface area contributed by atoms with E-state index in [-0.39, 0.29) is 0 Å². The van der Waals surface area contributed by atoms with Gasteiger partial charge in [-0.15, -0.1) is 0 Å². The van der Waals surface area contributed by atoms with Gasteiger partial charge in [-0.1, -0.05) is 0 Å². The second kappa shape index (κ2) is 6.16. The number of likely N-dealkylation sites (N-methyl/N-ethyl adjacent to an activating group) is 1. The minimum atomic E-state index is 0.294. The van der Waals surface area contributed by atoms with Crippen LogP contribution in [-0.2, 0) is 4.74 Å². The number of nitrogens with two attached hydrogens (primary N) is 1. The summed E-state index contributed by atoms with van der Waals surface area (Å²) in [7, 11) is 2.03. The van der Waals surface area contributed by atoms with Crippen LogP contribution < -0.4 is 16.2 Å². The van der Waals surface area contributed by atoms with Crippen molar-refractivity contribution in [3.8, 4) is 0 Å². The molecule has 1 aromatic heterocycles. The second-order valence-electron chi connectivity index (χ2n) is 5.08. The van der Waals surface area contributed by atoms with Crippen LogP contribution in [0.4, 0.5) is 11.6 Å². The number of aromatic nitrogens is 2. The van der Waals surface area contributed by atoms with Gasteiger partial charge in [-0.05, 0) is 33.1 Å². The molecule has 0 spiro atoms. The van der Waals surface area contributed by atoms with Crippen LogP contribution in [0.1, 0.15) is 30.7 Å². The highest BCUT2D eigenvalue weighted by molar-refractivity contribution is 5.57. The van der Waals surface area contributed by atoms with Gasteiger partial charge in [0.05, 0.1) is 6.10 Å². The first-order valence-corrected chi connectivity index (χ1v) is 6.76. The van der Waals surface area contributed by atoms with Gasteiger partial charge in [-0.25, -0.2) is 15.8 Å². The summed E-state index contributed by atoms with van der Waals surface area (Å²) in [5.41, 5.74) is 3.59. The number of hydrogen-bond acceptors (Lipinski definition) is 6. The van der Waals surface area contributed by atoms with E-state index in [4.69, 9.17) is 10.6 Å². The first kappa shape index (κ1) is 14.0. The van der Waals surface area contributed by atoms with Crippen LogP contribution >= 0.6 is 0 Å². The molecule has 19 heavy (non-hydrogen) atoms. The fraction of sp³-hybridized carbons (Fsp3) is 0.692. The molecule has 0 saturated carbocycles. The van der Waals surface area contributed by atoms with E-state index in [1.807, 2.05) is 20.9 Å². The Morgan fingerprint density at radius 3 is 2.79 bits per heavy atom. The molecule has 0 radical (unpaired) electrons. The van der Waals surface area contributed by atoms with Gasteiger partial charge < -0.3 is 15.1 Å². The van der Waals surface area contributed by atoms with Crippen LogP contribution in [0, 0.1) is 13.8 Å². The molecule has 3 N–H and O–H groups in total. The number of nitrogen functional groups attached to an aromatic ring is 1. The lowest BCUT2D eigenvalue weighted by molar-refractivity contribution is 0.0215. The maximum absolute atomic E-state index is 5.77. The third kappa shape index (κ3) is 3.33. The summed E-state index contributed by atoms with van der Waals surface area (Å²) in [6.07, 6.45) is 3.83. The van der Waals surface area contributed by atoms with Gasteiger partial charge in [0.2, 0.25) is 0 Å². The molecule has 0 aliphatic carbocycles. The lowest BCUT2D eigenvalue weighted by atomic mass is 10.1. The fourth-order valence-electron chi connectivity index (χ4n) is 2.47. The van der Waals surface area contributed by atoms with E-state index in [1.165, 1.54) is 12.8 Å². The number of rotatable bonds is 4. The number of anilines is 2. The van der Waals surface area contributed by atoms with Crippen molar-refractivity contribution in [1.29, 1.82) is 0 Å². The van der Waals surface area contributed by atoms with Crippen LogP contribution in [0.3, 0.4) is 0 Å². The normalized spacial score (nSPS) is 19.3. The van der Waals surface area contributed by atoms with Crippen molar-refractivity contribution >= 4 is 11.6 Å². The monoisotopic (exact) mass is 265 g/mol. The number of hydrazine groups is 1. The van der Waals surface area contributed by atoms with Crippen molar-refractivity contribution in [3.63, 3.8) is 0 Å². The summed E-state index contributed by atoms with van der Waals surface area (Å²) < 4.78 is 5.77. The number of nitrogens with one attached hydrogen (secondary N) is 1. The molecule has 6 heteroatoms. The minimum Gasteiger partial charge on any atom is -0.376 e. The first-order chi connectivity index (χ1) is 9.11. The molecule has 0 bridgehead atoms. The Labute approximate surface area is 114 Å². The van der Waals surface area contributed by atoms with E-state index in [0.717, 1.165) is 31.0 Å². The maximum atomic E-state index is 5.77. The molecule has 2 rings (SSSR count). The van der Waals surface area contributed by atoms with Crippen LogP contribution in [-0.4, -0.2) is 36.3 Å². The summed E-state index contributed by atoms with van der Waals surface area (Å²) in [4.78, 5) is 10.9. The largest absolute Gasteiger partial charge is 0.376 e. The SMILES string of the molecule is Cc1nc(NN)c(C)c(N(C)CC2CCCCO2)n1. The predicted octanol–water partition coefficient (Wildman–Crippen LogP) is 1.38. The highest BCUT2D eigenvalue weighted by atomic mass is 16.5. The molecule has 1 aromatic rings. The maximum Gasteiger partial charge on any atom is 0.148 e. The number of ether oxygens (including phenoxy) is 1. The van der Waals surface area contributed by atoms with E-state index in [2.05, 4.69) is 20.3 Å². The Morgan fingerprint density at radius 2 is 2.16 bits per heavy atom. The van der Waals surface area contributed by atoms with Gasteiger partial charge in [0.15, 0.2) is 0 Å². The topological polar surface area (TPSA) is 76.3 Å². The minimum absolute atomic E-state index is 0.294. The molecule has 0 aromatic carbocycles. The molecule has 1 saturated heterocycles. The molecule has 106 valence electrons. The number of nitrogens with zero attached hydrogens (tertiary/aromatic N) is 3. The Bertz CT molecular complexity index is 431.